The average molecular weight is 401 g/mol. The number of aromatic nitrogens is 2. The lowest BCUT2D eigenvalue weighted by Crippen LogP contribution is -2.40. The molecule has 4 rings (SSSR count). The van der Waals surface area contributed by atoms with E-state index in [0.29, 0.717) is 11.5 Å². The van der Waals surface area contributed by atoms with Crippen molar-refractivity contribution >= 4 is 21.8 Å². The molecule has 0 fully saturated rings. The van der Waals surface area contributed by atoms with Crippen LogP contribution >= 0.6 is 0 Å². The zero-order chi connectivity index (χ0) is 19.6. The molecular weight excluding hydrogens is 386 g/mol. The average Bonchev–Trinajstić information content (AvgIpc) is 3.14. The fourth-order valence-corrected chi connectivity index (χ4v) is 3.75. The number of nitrogens with zero attached hydrogens (tertiary/aromatic N) is 2. The lowest BCUT2D eigenvalue weighted by molar-refractivity contribution is -0.125. The second-order valence-corrected chi connectivity index (χ2v) is 7.92. The van der Waals surface area contributed by atoms with Crippen LogP contribution < -0.4 is 14.8 Å². The summed E-state index contributed by atoms with van der Waals surface area (Å²) in [4.78, 5) is 12.5. The fourth-order valence-electron chi connectivity index (χ4n) is 2.57. The number of rotatable bonds is 5. The van der Waals surface area contributed by atoms with E-state index < -0.39 is 27.6 Å². The van der Waals surface area contributed by atoms with Gasteiger partial charge in [-0.25, -0.2) is 8.42 Å². The number of hydrogen-bond donors (Lipinski definition) is 1. The van der Waals surface area contributed by atoms with Crippen molar-refractivity contribution in [2.75, 3.05) is 11.9 Å². The maximum absolute atomic E-state index is 12.3. The Morgan fingerprint density at radius 2 is 1.75 bits per heavy atom. The van der Waals surface area contributed by atoms with Crippen molar-refractivity contribution in [3.05, 3.63) is 60.5 Å². The molecule has 0 radical (unpaired) electrons. The van der Waals surface area contributed by atoms with Crippen molar-refractivity contribution in [1.29, 1.82) is 0 Å². The van der Waals surface area contributed by atoms with Crippen molar-refractivity contribution in [2.45, 2.75) is 16.8 Å². The molecule has 1 aliphatic rings. The zero-order valence-electron chi connectivity index (χ0n) is 14.4. The van der Waals surface area contributed by atoms with Gasteiger partial charge >= 0.3 is 6.01 Å². The first-order valence-corrected chi connectivity index (χ1v) is 9.96. The van der Waals surface area contributed by atoms with Crippen LogP contribution in [0, 0.1) is 0 Å². The number of anilines is 1. The molecule has 0 aliphatic carbocycles. The molecule has 2 heterocycles. The number of fused-ring (bicyclic) bond motifs is 1. The van der Waals surface area contributed by atoms with Crippen molar-refractivity contribution in [1.82, 2.24) is 10.2 Å². The predicted octanol–water partition coefficient (Wildman–Crippen LogP) is 1.82. The van der Waals surface area contributed by atoms with Gasteiger partial charge in [-0.3, -0.25) is 10.1 Å². The van der Waals surface area contributed by atoms with Crippen molar-refractivity contribution in [2.24, 2.45) is 0 Å². The van der Waals surface area contributed by atoms with E-state index >= 15 is 0 Å². The van der Waals surface area contributed by atoms with Crippen molar-refractivity contribution < 1.29 is 27.1 Å². The number of nitrogens with one attached hydrogen (secondary N) is 1. The van der Waals surface area contributed by atoms with Crippen LogP contribution in [0.2, 0.25) is 0 Å². The summed E-state index contributed by atoms with van der Waals surface area (Å²) in [6.07, 6.45) is -0.904. The second kappa shape index (κ2) is 7.31. The van der Waals surface area contributed by atoms with Crippen LogP contribution in [-0.4, -0.2) is 37.2 Å². The Hall–Kier alpha value is -3.40. The Morgan fingerprint density at radius 3 is 2.54 bits per heavy atom. The highest BCUT2D eigenvalue weighted by molar-refractivity contribution is 7.90. The van der Waals surface area contributed by atoms with Gasteiger partial charge in [-0.15, -0.1) is 5.10 Å². The Bertz CT molecular complexity index is 1100. The van der Waals surface area contributed by atoms with Crippen LogP contribution in [0.25, 0.3) is 0 Å². The van der Waals surface area contributed by atoms with Gasteiger partial charge in [0.05, 0.1) is 4.90 Å². The fraction of sp³-hybridized carbons (Fsp3) is 0.167. The largest absolute Gasteiger partial charge is 0.485 e. The number of ether oxygens (including phenoxy) is 2. The number of hydrogen-bond acceptors (Lipinski definition) is 8. The van der Waals surface area contributed by atoms with Gasteiger partial charge in [-0.2, -0.15) is 0 Å². The molecule has 3 aromatic rings. The summed E-state index contributed by atoms with van der Waals surface area (Å²) in [5.74, 6) is -0.149. The monoisotopic (exact) mass is 401 g/mol. The van der Waals surface area contributed by atoms with E-state index in [4.69, 9.17) is 13.9 Å². The lowest BCUT2D eigenvalue weighted by Gasteiger charge is -2.24. The molecule has 28 heavy (non-hydrogen) atoms. The van der Waals surface area contributed by atoms with Gasteiger partial charge in [0.25, 0.3) is 5.91 Å². The zero-order valence-corrected chi connectivity index (χ0v) is 15.3. The Kier molecular flexibility index (Phi) is 4.70. The molecule has 144 valence electrons. The van der Waals surface area contributed by atoms with E-state index in [-0.39, 0.29) is 23.4 Å². The molecule has 0 saturated carbocycles. The highest BCUT2D eigenvalue weighted by atomic mass is 32.2. The van der Waals surface area contributed by atoms with Crippen LogP contribution in [0.3, 0.4) is 0 Å². The number of sulfone groups is 1. The predicted molar refractivity (Wildman–Crippen MR) is 96.6 cm³/mol. The molecule has 1 N–H and O–H groups in total. The maximum atomic E-state index is 12.3. The standard InChI is InChI=1S/C18H15N3O6S/c22-17(15-10-25-13-8-4-5-9-14(13)26-15)19-18-21-20-16(27-18)11-28(23,24)12-6-2-1-3-7-12/h1-9,15H,10-11H2,(H,19,21,22). The second-order valence-electron chi connectivity index (χ2n) is 5.93. The molecule has 2 aromatic carbocycles. The van der Waals surface area contributed by atoms with Crippen molar-refractivity contribution in [3.63, 3.8) is 0 Å². The Morgan fingerprint density at radius 1 is 1.04 bits per heavy atom. The minimum Gasteiger partial charge on any atom is -0.485 e. The van der Waals surface area contributed by atoms with Gasteiger partial charge in [-0.1, -0.05) is 35.4 Å². The molecule has 1 unspecified atom stereocenters. The Labute approximate surface area is 160 Å². The number of carbonyl (C=O) groups excluding carboxylic acids is 1. The van der Waals surface area contributed by atoms with Crippen LogP contribution in [-0.2, 0) is 20.4 Å². The van der Waals surface area contributed by atoms with Crippen LogP contribution in [0.1, 0.15) is 5.89 Å². The number of benzene rings is 2. The SMILES string of the molecule is O=C(Nc1nnc(CS(=O)(=O)c2ccccc2)o1)C1COc2ccccc2O1. The van der Waals surface area contributed by atoms with Gasteiger partial charge in [0.15, 0.2) is 21.3 Å². The molecule has 9 nitrogen and oxygen atoms in total. The molecule has 1 amide bonds. The molecule has 10 heteroatoms. The summed E-state index contributed by atoms with van der Waals surface area (Å²) in [6, 6.07) is 14.7. The maximum Gasteiger partial charge on any atom is 0.322 e. The van der Waals surface area contributed by atoms with E-state index in [1.807, 2.05) is 0 Å². The van der Waals surface area contributed by atoms with Gasteiger partial charge in [-0.05, 0) is 24.3 Å². The first-order valence-electron chi connectivity index (χ1n) is 8.31. The highest BCUT2D eigenvalue weighted by Gasteiger charge is 2.28. The van der Waals surface area contributed by atoms with Crippen LogP contribution in [0.5, 0.6) is 11.5 Å². The van der Waals surface area contributed by atoms with E-state index in [2.05, 4.69) is 15.5 Å². The third-order valence-electron chi connectivity index (χ3n) is 3.91. The molecule has 0 spiro atoms. The van der Waals surface area contributed by atoms with E-state index in [0.717, 1.165) is 0 Å². The minimum absolute atomic E-state index is 0.0201. The molecule has 1 aliphatic heterocycles. The first kappa shape index (κ1) is 18.0. The Balaban J connectivity index is 1.41. The molecule has 1 aromatic heterocycles. The molecule has 0 saturated heterocycles. The van der Waals surface area contributed by atoms with Crippen LogP contribution in [0.4, 0.5) is 6.01 Å². The summed E-state index contributed by atoms with van der Waals surface area (Å²) < 4.78 is 41.0. The van der Waals surface area contributed by atoms with E-state index in [1.54, 1.807) is 42.5 Å². The van der Waals surface area contributed by atoms with Crippen LogP contribution in [0.15, 0.2) is 63.9 Å². The summed E-state index contributed by atoms with van der Waals surface area (Å²) in [5.41, 5.74) is 0. The van der Waals surface area contributed by atoms with Gasteiger partial charge in [0, 0.05) is 0 Å². The number of carbonyl (C=O) groups is 1. The van der Waals surface area contributed by atoms with E-state index in [9.17, 15) is 13.2 Å². The highest BCUT2D eigenvalue weighted by Crippen LogP contribution is 2.31. The van der Waals surface area contributed by atoms with Gasteiger partial charge in [0.2, 0.25) is 12.0 Å². The molecule has 1 atom stereocenters. The van der Waals surface area contributed by atoms with E-state index in [1.165, 1.54) is 12.1 Å². The lowest BCUT2D eigenvalue weighted by atomic mass is 10.2. The minimum atomic E-state index is -3.64. The summed E-state index contributed by atoms with van der Waals surface area (Å²) in [5, 5.41) is 9.75. The summed E-state index contributed by atoms with van der Waals surface area (Å²) in [7, 11) is -3.64. The topological polar surface area (TPSA) is 121 Å². The third-order valence-corrected chi connectivity index (χ3v) is 5.53. The summed E-state index contributed by atoms with van der Waals surface area (Å²) in [6.45, 7) is 0.0201. The molecular formula is C18H15N3O6S. The number of amides is 1. The molecule has 0 bridgehead atoms. The third kappa shape index (κ3) is 3.81. The summed E-state index contributed by atoms with van der Waals surface area (Å²) >= 11 is 0. The van der Waals surface area contributed by atoms with Gasteiger partial charge in [0.1, 0.15) is 12.4 Å². The first-order chi connectivity index (χ1) is 13.5. The normalized spacial score (nSPS) is 15.8. The number of para-hydroxylation sites is 2. The quantitative estimate of drug-likeness (QED) is 0.687. The van der Waals surface area contributed by atoms with Gasteiger partial charge < -0.3 is 13.9 Å². The smallest absolute Gasteiger partial charge is 0.322 e. The van der Waals surface area contributed by atoms with Crippen molar-refractivity contribution in [3.8, 4) is 11.5 Å².